The van der Waals surface area contributed by atoms with Crippen LogP contribution in [0.25, 0.3) is 0 Å². The maximum absolute atomic E-state index is 5.86. The number of rotatable bonds is 5. The summed E-state index contributed by atoms with van der Waals surface area (Å²) in [6.07, 6.45) is 7.80. The molecule has 0 saturated heterocycles. The van der Waals surface area contributed by atoms with Crippen molar-refractivity contribution in [1.29, 1.82) is 0 Å². The average Bonchev–Trinajstić information content (AvgIpc) is 3.12. The molecule has 0 spiro atoms. The van der Waals surface area contributed by atoms with Gasteiger partial charge in [0, 0.05) is 31.1 Å². The summed E-state index contributed by atoms with van der Waals surface area (Å²) in [4.78, 5) is 16.0. The zero-order valence-corrected chi connectivity index (χ0v) is 17.0. The summed E-state index contributed by atoms with van der Waals surface area (Å²) in [7, 11) is 0. The Balaban J connectivity index is 1.37. The summed E-state index contributed by atoms with van der Waals surface area (Å²) < 4.78 is 8.08. The second-order valence-electron chi connectivity index (χ2n) is 7.82. The molecule has 0 radical (unpaired) electrons. The number of aryl methyl sites for hydroxylation is 1. The first-order valence-electron chi connectivity index (χ1n) is 10.3. The number of hydrogen-bond acceptors (Lipinski definition) is 7. The van der Waals surface area contributed by atoms with Crippen LogP contribution in [0.1, 0.15) is 44.5 Å². The second kappa shape index (κ2) is 7.09. The molecule has 1 atom stereocenters. The van der Waals surface area contributed by atoms with Crippen molar-refractivity contribution >= 4 is 11.5 Å². The number of allylic oxidation sites excluding steroid dienone is 1. The van der Waals surface area contributed by atoms with E-state index in [1.165, 1.54) is 5.57 Å². The molecule has 1 aliphatic carbocycles. The lowest BCUT2D eigenvalue weighted by molar-refractivity contribution is 0.155. The highest BCUT2D eigenvalue weighted by molar-refractivity contribution is 6.17. The van der Waals surface area contributed by atoms with E-state index < -0.39 is 0 Å². The fraction of sp³-hybridized carbons (Fsp3) is 0.476. The molecular formula is C21H25N7O. The van der Waals surface area contributed by atoms with E-state index in [-0.39, 0.29) is 12.1 Å². The number of anilines is 1. The SMILES string of the molecule is CCc1nnc2n1CCN(c1cc(C3=NC4CC=C(OC(C)C)C=C34)ncn1)C2. The highest BCUT2D eigenvalue weighted by atomic mass is 16.5. The third-order valence-corrected chi connectivity index (χ3v) is 5.49. The Morgan fingerprint density at radius 1 is 1.21 bits per heavy atom. The first-order chi connectivity index (χ1) is 14.1. The number of aliphatic imine (C=N–C) groups is 1. The Morgan fingerprint density at radius 2 is 2.10 bits per heavy atom. The Bertz CT molecular complexity index is 1030. The van der Waals surface area contributed by atoms with Gasteiger partial charge in [-0.3, -0.25) is 4.99 Å². The van der Waals surface area contributed by atoms with Gasteiger partial charge in [0.25, 0.3) is 0 Å². The second-order valence-corrected chi connectivity index (χ2v) is 7.82. The van der Waals surface area contributed by atoms with Gasteiger partial charge in [0.1, 0.15) is 23.7 Å². The molecule has 0 aromatic carbocycles. The van der Waals surface area contributed by atoms with Gasteiger partial charge in [-0.25, -0.2) is 9.97 Å². The van der Waals surface area contributed by atoms with Gasteiger partial charge >= 0.3 is 0 Å². The van der Waals surface area contributed by atoms with Crippen LogP contribution in [0.4, 0.5) is 5.82 Å². The molecule has 2 aromatic rings. The monoisotopic (exact) mass is 391 g/mol. The smallest absolute Gasteiger partial charge is 0.152 e. The van der Waals surface area contributed by atoms with Crippen LogP contribution in [0, 0.1) is 0 Å². The summed E-state index contributed by atoms with van der Waals surface area (Å²) in [6.45, 7) is 8.65. The third-order valence-electron chi connectivity index (χ3n) is 5.49. The normalized spacial score (nSPS) is 20.3. The predicted octanol–water partition coefficient (Wildman–Crippen LogP) is 2.46. The molecule has 0 saturated carbocycles. The van der Waals surface area contributed by atoms with Crippen LogP contribution >= 0.6 is 0 Å². The van der Waals surface area contributed by atoms with Crippen molar-refractivity contribution in [3.63, 3.8) is 0 Å². The van der Waals surface area contributed by atoms with Crippen molar-refractivity contribution in [3.05, 3.63) is 53.2 Å². The lowest BCUT2D eigenvalue weighted by Crippen LogP contribution is -2.35. The molecule has 5 rings (SSSR count). The average molecular weight is 391 g/mol. The topological polar surface area (TPSA) is 81.3 Å². The van der Waals surface area contributed by atoms with Crippen molar-refractivity contribution in [3.8, 4) is 0 Å². The Hall–Kier alpha value is -3.03. The zero-order chi connectivity index (χ0) is 20.0. The molecule has 3 aliphatic rings. The van der Waals surface area contributed by atoms with E-state index in [0.29, 0.717) is 6.54 Å². The number of nitrogens with zero attached hydrogens (tertiary/aromatic N) is 7. The van der Waals surface area contributed by atoms with Gasteiger partial charge in [0.05, 0.1) is 30.1 Å². The van der Waals surface area contributed by atoms with Gasteiger partial charge in [-0.15, -0.1) is 10.2 Å². The fourth-order valence-corrected chi connectivity index (χ4v) is 4.07. The summed E-state index contributed by atoms with van der Waals surface area (Å²) >= 11 is 0. The van der Waals surface area contributed by atoms with Gasteiger partial charge in [0.15, 0.2) is 5.82 Å². The largest absolute Gasteiger partial charge is 0.491 e. The molecule has 150 valence electrons. The van der Waals surface area contributed by atoms with Crippen LogP contribution in [0.2, 0.25) is 0 Å². The maximum Gasteiger partial charge on any atom is 0.152 e. The molecule has 0 N–H and O–H groups in total. The van der Waals surface area contributed by atoms with Crippen LogP contribution in [-0.4, -0.2) is 49.1 Å². The number of aromatic nitrogens is 5. The van der Waals surface area contributed by atoms with Gasteiger partial charge in [0.2, 0.25) is 0 Å². The van der Waals surface area contributed by atoms with E-state index in [1.807, 2.05) is 19.9 Å². The van der Waals surface area contributed by atoms with Crippen molar-refractivity contribution < 1.29 is 4.74 Å². The van der Waals surface area contributed by atoms with Crippen molar-refractivity contribution in [1.82, 2.24) is 24.7 Å². The highest BCUT2D eigenvalue weighted by Crippen LogP contribution is 2.33. The first-order valence-corrected chi connectivity index (χ1v) is 10.3. The molecular weight excluding hydrogens is 366 g/mol. The number of ether oxygens (including phenoxy) is 1. The molecule has 0 amide bonds. The van der Waals surface area contributed by atoms with E-state index in [2.05, 4.69) is 48.7 Å². The van der Waals surface area contributed by atoms with Gasteiger partial charge in [-0.1, -0.05) is 6.92 Å². The minimum Gasteiger partial charge on any atom is -0.491 e. The summed E-state index contributed by atoms with van der Waals surface area (Å²) in [5.41, 5.74) is 3.02. The third kappa shape index (κ3) is 3.22. The Kier molecular flexibility index (Phi) is 4.41. The van der Waals surface area contributed by atoms with Crippen molar-refractivity contribution in [2.45, 2.75) is 58.8 Å². The molecule has 1 unspecified atom stereocenters. The molecule has 0 bridgehead atoms. The summed E-state index contributed by atoms with van der Waals surface area (Å²) in [5.74, 6) is 3.87. The van der Waals surface area contributed by atoms with Crippen LogP contribution in [0.15, 0.2) is 40.9 Å². The minimum atomic E-state index is 0.162. The lowest BCUT2D eigenvalue weighted by Gasteiger charge is -2.32. The standard InChI is InChI=1S/C21H25N7O/c1-4-18-25-26-20-11-27(7-8-28(18)20)19-10-17(22-12-23-19)21-15-9-14(29-13(2)3)5-6-16(15)24-21/h5,9-10,12-13,16H,4,6-8,11H2,1-3H3. The predicted molar refractivity (Wildman–Crippen MR) is 110 cm³/mol. The zero-order valence-electron chi connectivity index (χ0n) is 17.0. The molecule has 2 aromatic heterocycles. The van der Waals surface area contributed by atoms with Gasteiger partial charge < -0.3 is 14.2 Å². The summed E-state index contributed by atoms with van der Waals surface area (Å²) in [5, 5.41) is 8.64. The molecule has 4 heterocycles. The number of hydrogen-bond donors (Lipinski definition) is 0. The Morgan fingerprint density at radius 3 is 2.93 bits per heavy atom. The molecule has 0 fully saturated rings. The lowest BCUT2D eigenvalue weighted by atomic mass is 9.87. The van der Waals surface area contributed by atoms with E-state index in [1.54, 1.807) is 6.33 Å². The quantitative estimate of drug-likeness (QED) is 0.779. The van der Waals surface area contributed by atoms with Gasteiger partial charge in [-0.05, 0) is 32.4 Å². The highest BCUT2D eigenvalue weighted by Gasteiger charge is 2.33. The van der Waals surface area contributed by atoms with E-state index >= 15 is 0 Å². The van der Waals surface area contributed by atoms with Crippen molar-refractivity contribution in [2.24, 2.45) is 4.99 Å². The summed E-state index contributed by atoms with van der Waals surface area (Å²) in [6, 6.07) is 2.26. The van der Waals surface area contributed by atoms with Crippen LogP contribution in [-0.2, 0) is 24.2 Å². The fourth-order valence-electron chi connectivity index (χ4n) is 4.07. The molecule has 8 nitrogen and oxygen atoms in total. The molecule has 29 heavy (non-hydrogen) atoms. The van der Waals surface area contributed by atoms with Crippen LogP contribution < -0.4 is 4.90 Å². The molecule has 8 heteroatoms. The van der Waals surface area contributed by atoms with Crippen LogP contribution in [0.5, 0.6) is 0 Å². The van der Waals surface area contributed by atoms with Crippen molar-refractivity contribution in [2.75, 3.05) is 11.4 Å². The van der Waals surface area contributed by atoms with Crippen LogP contribution in [0.3, 0.4) is 0 Å². The number of fused-ring (bicyclic) bond motifs is 2. The van der Waals surface area contributed by atoms with E-state index in [9.17, 15) is 0 Å². The molecule has 2 aliphatic heterocycles. The maximum atomic E-state index is 5.86. The minimum absolute atomic E-state index is 0.162. The van der Waals surface area contributed by atoms with Gasteiger partial charge in [-0.2, -0.15) is 0 Å². The van der Waals surface area contributed by atoms with E-state index in [4.69, 9.17) is 9.73 Å². The Labute approximate surface area is 170 Å². The first kappa shape index (κ1) is 18.0. The van der Waals surface area contributed by atoms with E-state index in [0.717, 1.165) is 60.6 Å².